The van der Waals surface area contributed by atoms with Crippen molar-refractivity contribution in [3.05, 3.63) is 65.7 Å². The molecule has 0 bridgehead atoms. The van der Waals surface area contributed by atoms with E-state index in [1.165, 1.54) is 13.0 Å². The van der Waals surface area contributed by atoms with Gasteiger partial charge in [-0.2, -0.15) is 0 Å². The third-order valence-corrected chi connectivity index (χ3v) is 2.94. The fraction of sp³-hybridized carbons (Fsp3) is 0.111. The Kier molecular flexibility index (Phi) is 5.09. The fourth-order valence-corrected chi connectivity index (χ4v) is 1.96. The molecule has 4 nitrogen and oxygen atoms in total. The first-order valence-electron chi connectivity index (χ1n) is 6.96. The number of carbonyl (C=O) groups is 2. The Bertz CT molecular complexity index is 703. The van der Waals surface area contributed by atoms with Gasteiger partial charge in [0.25, 0.3) is 0 Å². The zero-order chi connectivity index (χ0) is 15.9. The highest BCUT2D eigenvalue weighted by molar-refractivity contribution is 6.02. The maximum absolute atomic E-state index is 11.9. The van der Waals surface area contributed by atoms with Crippen molar-refractivity contribution in [2.45, 2.75) is 13.8 Å². The van der Waals surface area contributed by atoms with Crippen molar-refractivity contribution < 1.29 is 9.59 Å². The largest absolute Gasteiger partial charge is 0.326 e. The molecular weight excluding hydrogens is 276 g/mol. The second-order valence-corrected chi connectivity index (χ2v) is 5.00. The van der Waals surface area contributed by atoms with Crippen LogP contribution in [0, 0.1) is 6.92 Å². The van der Waals surface area contributed by atoms with Gasteiger partial charge in [-0.05, 0) is 48.4 Å². The monoisotopic (exact) mass is 294 g/mol. The first-order valence-corrected chi connectivity index (χ1v) is 6.96. The van der Waals surface area contributed by atoms with Gasteiger partial charge in [0.15, 0.2) is 0 Å². The molecule has 0 radical (unpaired) electrons. The summed E-state index contributed by atoms with van der Waals surface area (Å²) in [6.07, 6.45) is 3.21. The van der Waals surface area contributed by atoms with Gasteiger partial charge < -0.3 is 10.6 Å². The molecule has 0 unspecified atom stereocenters. The minimum atomic E-state index is -0.184. The maximum atomic E-state index is 11.9. The Labute approximate surface area is 129 Å². The van der Waals surface area contributed by atoms with Gasteiger partial charge in [0, 0.05) is 24.4 Å². The standard InChI is InChI=1S/C18H18N2O2/c1-13-4-3-5-17(12-13)20-18(22)11-8-15-6-9-16(10-7-15)19-14(2)21/h3-12H,1-2H3,(H,19,21)(H,20,22)/b11-8+. The second-order valence-electron chi connectivity index (χ2n) is 5.00. The van der Waals surface area contributed by atoms with Gasteiger partial charge in [0.1, 0.15) is 0 Å². The van der Waals surface area contributed by atoms with Crippen LogP contribution < -0.4 is 10.6 Å². The van der Waals surface area contributed by atoms with E-state index < -0.39 is 0 Å². The lowest BCUT2D eigenvalue weighted by molar-refractivity contribution is -0.114. The van der Waals surface area contributed by atoms with Crippen LogP contribution in [0.1, 0.15) is 18.1 Å². The number of anilines is 2. The van der Waals surface area contributed by atoms with Crippen LogP contribution in [0.25, 0.3) is 6.08 Å². The number of aryl methyl sites for hydroxylation is 1. The van der Waals surface area contributed by atoms with Crippen molar-refractivity contribution >= 4 is 29.3 Å². The molecule has 0 aliphatic heterocycles. The van der Waals surface area contributed by atoms with E-state index in [-0.39, 0.29) is 11.8 Å². The topological polar surface area (TPSA) is 58.2 Å². The summed E-state index contributed by atoms with van der Waals surface area (Å²) in [6, 6.07) is 14.9. The van der Waals surface area contributed by atoms with Crippen LogP contribution in [-0.4, -0.2) is 11.8 Å². The van der Waals surface area contributed by atoms with Crippen molar-refractivity contribution in [2.24, 2.45) is 0 Å². The Balaban J connectivity index is 1.96. The van der Waals surface area contributed by atoms with E-state index in [9.17, 15) is 9.59 Å². The zero-order valence-electron chi connectivity index (χ0n) is 12.6. The van der Waals surface area contributed by atoms with Crippen LogP contribution in [0.15, 0.2) is 54.6 Å². The van der Waals surface area contributed by atoms with Crippen LogP contribution >= 0.6 is 0 Å². The number of hydrogen-bond acceptors (Lipinski definition) is 2. The smallest absolute Gasteiger partial charge is 0.248 e. The predicted octanol–water partition coefficient (Wildman–Crippen LogP) is 3.61. The average Bonchev–Trinajstić information content (AvgIpc) is 2.46. The third kappa shape index (κ3) is 4.90. The number of rotatable bonds is 4. The number of amides is 2. The van der Waals surface area contributed by atoms with Crippen molar-refractivity contribution in [2.75, 3.05) is 10.6 Å². The minimum absolute atomic E-state index is 0.110. The van der Waals surface area contributed by atoms with Gasteiger partial charge in [-0.15, -0.1) is 0 Å². The lowest BCUT2D eigenvalue weighted by atomic mass is 10.2. The molecule has 0 saturated heterocycles. The zero-order valence-corrected chi connectivity index (χ0v) is 12.6. The highest BCUT2D eigenvalue weighted by atomic mass is 16.2. The predicted molar refractivity (Wildman–Crippen MR) is 89.6 cm³/mol. The number of carbonyl (C=O) groups excluding carboxylic acids is 2. The van der Waals surface area contributed by atoms with E-state index >= 15 is 0 Å². The highest BCUT2D eigenvalue weighted by Crippen LogP contribution is 2.12. The molecule has 0 spiro atoms. The molecule has 2 aromatic rings. The van der Waals surface area contributed by atoms with Gasteiger partial charge in [-0.1, -0.05) is 24.3 Å². The van der Waals surface area contributed by atoms with Gasteiger partial charge in [0.2, 0.25) is 11.8 Å². The molecule has 0 atom stereocenters. The number of hydrogen-bond donors (Lipinski definition) is 2. The lowest BCUT2D eigenvalue weighted by Gasteiger charge is -2.03. The van der Waals surface area contributed by atoms with E-state index in [0.717, 1.165) is 22.5 Å². The van der Waals surface area contributed by atoms with Gasteiger partial charge in [0.05, 0.1) is 0 Å². The SMILES string of the molecule is CC(=O)Nc1ccc(/C=C/C(=O)Nc2cccc(C)c2)cc1. The molecule has 2 amide bonds. The lowest BCUT2D eigenvalue weighted by Crippen LogP contribution is -2.07. The Morgan fingerprint density at radius 3 is 2.32 bits per heavy atom. The number of benzene rings is 2. The molecule has 0 fully saturated rings. The molecule has 22 heavy (non-hydrogen) atoms. The molecule has 0 heterocycles. The van der Waals surface area contributed by atoms with E-state index in [0.29, 0.717) is 0 Å². The summed E-state index contributed by atoms with van der Waals surface area (Å²) in [6.45, 7) is 3.44. The Hall–Kier alpha value is -2.88. The summed E-state index contributed by atoms with van der Waals surface area (Å²) in [5, 5.41) is 5.50. The summed E-state index contributed by atoms with van der Waals surface area (Å²) >= 11 is 0. The molecule has 4 heteroatoms. The molecule has 2 N–H and O–H groups in total. The molecule has 0 aromatic heterocycles. The van der Waals surface area contributed by atoms with Crippen molar-refractivity contribution in [1.82, 2.24) is 0 Å². The summed E-state index contributed by atoms with van der Waals surface area (Å²) in [4.78, 5) is 22.8. The van der Waals surface area contributed by atoms with E-state index in [4.69, 9.17) is 0 Å². The van der Waals surface area contributed by atoms with Gasteiger partial charge >= 0.3 is 0 Å². The molecule has 2 aromatic carbocycles. The molecule has 112 valence electrons. The average molecular weight is 294 g/mol. The van der Waals surface area contributed by atoms with Crippen molar-refractivity contribution in [3.63, 3.8) is 0 Å². The number of nitrogens with one attached hydrogen (secondary N) is 2. The Morgan fingerprint density at radius 1 is 0.955 bits per heavy atom. The molecule has 0 saturated carbocycles. The van der Waals surface area contributed by atoms with Crippen LogP contribution in [0.4, 0.5) is 11.4 Å². The third-order valence-electron chi connectivity index (χ3n) is 2.94. The summed E-state index contributed by atoms with van der Waals surface area (Å²) in [5.74, 6) is -0.294. The summed E-state index contributed by atoms with van der Waals surface area (Å²) < 4.78 is 0. The Morgan fingerprint density at radius 2 is 1.68 bits per heavy atom. The second kappa shape index (κ2) is 7.22. The minimum Gasteiger partial charge on any atom is -0.326 e. The van der Waals surface area contributed by atoms with Gasteiger partial charge in [-0.25, -0.2) is 0 Å². The molecular formula is C18H18N2O2. The van der Waals surface area contributed by atoms with Crippen LogP contribution in [0.3, 0.4) is 0 Å². The molecule has 0 aliphatic carbocycles. The fourth-order valence-electron chi connectivity index (χ4n) is 1.96. The van der Waals surface area contributed by atoms with Crippen LogP contribution in [0.2, 0.25) is 0 Å². The van der Waals surface area contributed by atoms with E-state index in [1.54, 1.807) is 18.2 Å². The first-order chi connectivity index (χ1) is 10.5. The summed E-state index contributed by atoms with van der Waals surface area (Å²) in [7, 11) is 0. The van der Waals surface area contributed by atoms with Gasteiger partial charge in [-0.3, -0.25) is 9.59 Å². The van der Waals surface area contributed by atoms with Crippen LogP contribution in [-0.2, 0) is 9.59 Å². The van der Waals surface area contributed by atoms with E-state index in [1.807, 2.05) is 43.3 Å². The van der Waals surface area contributed by atoms with Crippen LogP contribution in [0.5, 0.6) is 0 Å². The van der Waals surface area contributed by atoms with Crippen molar-refractivity contribution in [3.8, 4) is 0 Å². The quantitative estimate of drug-likeness (QED) is 0.846. The maximum Gasteiger partial charge on any atom is 0.248 e. The normalized spacial score (nSPS) is 10.5. The molecule has 2 rings (SSSR count). The highest BCUT2D eigenvalue weighted by Gasteiger charge is 1.98. The van der Waals surface area contributed by atoms with Crippen molar-refractivity contribution in [1.29, 1.82) is 0 Å². The first kappa shape index (κ1) is 15.5. The summed E-state index contributed by atoms with van der Waals surface area (Å²) in [5.41, 5.74) is 3.48. The molecule has 0 aliphatic rings. The van der Waals surface area contributed by atoms with E-state index in [2.05, 4.69) is 10.6 Å².